The monoisotopic (exact) mass is 157 g/mol. The summed E-state index contributed by atoms with van der Waals surface area (Å²) in [6.45, 7) is 2.10. The van der Waals surface area contributed by atoms with Crippen molar-refractivity contribution >= 4 is 18.1 Å². The lowest BCUT2D eigenvalue weighted by Crippen LogP contribution is -1.90. The van der Waals surface area contributed by atoms with Crippen LogP contribution >= 0.6 is 12.4 Å². The van der Waals surface area contributed by atoms with Gasteiger partial charge in [-0.05, 0) is 18.1 Å². The Morgan fingerprint density at radius 3 is 2.30 bits per heavy atom. The molecule has 0 fully saturated rings. The zero-order chi connectivity index (χ0) is 6.69. The summed E-state index contributed by atoms with van der Waals surface area (Å²) in [4.78, 5) is 0. The summed E-state index contributed by atoms with van der Waals surface area (Å²) in [6, 6.07) is 7.94. The molecule has 1 aromatic rings. The minimum absolute atomic E-state index is 0. The second-order valence-electron chi connectivity index (χ2n) is 2.05. The average molecular weight is 158 g/mol. The third-order valence-corrected chi connectivity index (χ3v) is 1.44. The molecule has 1 rings (SSSR count). The van der Waals surface area contributed by atoms with Gasteiger partial charge in [-0.25, -0.2) is 0 Å². The molecule has 0 aliphatic rings. The van der Waals surface area contributed by atoms with Gasteiger partial charge >= 0.3 is 0 Å². The van der Waals surface area contributed by atoms with Crippen molar-refractivity contribution in [1.29, 1.82) is 0 Å². The summed E-state index contributed by atoms with van der Waals surface area (Å²) in [5.41, 5.74) is 7.77. The molecule has 2 N–H and O–H groups in total. The van der Waals surface area contributed by atoms with Crippen molar-refractivity contribution in [3.63, 3.8) is 0 Å². The van der Waals surface area contributed by atoms with Crippen LogP contribution < -0.4 is 5.73 Å². The lowest BCUT2D eigenvalue weighted by molar-refractivity contribution is 1.14. The Kier molecular flexibility index (Phi) is 3.89. The van der Waals surface area contributed by atoms with Crippen LogP contribution in [0.3, 0.4) is 0 Å². The molecular formula is C8H12ClN. The quantitative estimate of drug-likeness (QED) is 0.622. The Balaban J connectivity index is 0.000000810. The summed E-state index contributed by atoms with van der Waals surface area (Å²) >= 11 is 0. The highest BCUT2D eigenvalue weighted by atomic mass is 35.5. The maximum atomic E-state index is 5.63. The second kappa shape index (κ2) is 4.18. The molecule has 0 aliphatic carbocycles. The predicted molar refractivity (Wildman–Crippen MR) is 47.5 cm³/mol. The molecule has 0 saturated heterocycles. The molecule has 0 bridgehead atoms. The minimum Gasteiger partial charge on any atom is -0.399 e. The van der Waals surface area contributed by atoms with Crippen LogP contribution in [0, 0.1) is 0 Å². The zero-order valence-corrected chi connectivity index (χ0v) is 6.82. The van der Waals surface area contributed by atoms with E-state index in [4.69, 9.17) is 5.73 Å². The normalized spacial score (nSPS) is 8.50. The number of halogens is 1. The summed E-state index contributed by atoms with van der Waals surface area (Å²) in [5, 5.41) is 0. The molecule has 0 aromatic heterocycles. The Hall–Kier alpha value is -0.690. The van der Waals surface area contributed by atoms with Gasteiger partial charge in [0, 0.05) is 5.69 Å². The fraction of sp³-hybridized carbons (Fsp3) is 0.250. The number of para-hydroxylation sites is 1. The number of nitrogens with two attached hydrogens (primary N) is 1. The van der Waals surface area contributed by atoms with Crippen LogP contribution in [0.2, 0.25) is 0 Å². The smallest absolute Gasteiger partial charge is 0.0346 e. The van der Waals surface area contributed by atoms with Crippen LogP contribution in [0.5, 0.6) is 0 Å². The van der Waals surface area contributed by atoms with E-state index in [1.54, 1.807) is 0 Å². The van der Waals surface area contributed by atoms with Crippen molar-refractivity contribution in [3.05, 3.63) is 29.8 Å². The first-order chi connectivity index (χ1) is 4.34. The van der Waals surface area contributed by atoms with Crippen LogP contribution in [0.25, 0.3) is 0 Å². The second-order valence-corrected chi connectivity index (χ2v) is 2.05. The van der Waals surface area contributed by atoms with Crippen LogP contribution in [0.15, 0.2) is 24.3 Å². The number of rotatable bonds is 1. The first-order valence-corrected chi connectivity index (χ1v) is 3.18. The van der Waals surface area contributed by atoms with Crippen LogP contribution in [-0.2, 0) is 6.42 Å². The van der Waals surface area contributed by atoms with Gasteiger partial charge in [0.25, 0.3) is 0 Å². The third kappa shape index (κ3) is 1.92. The number of anilines is 1. The highest BCUT2D eigenvalue weighted by Crippen LogP contribution is 2.09. The van der Waals surface area contributed by atoms with Gasteiger partial charge in [-0.1, -0.05) is 25.1 Å². The molecule has 0 radical (unpaired) electrons. The van der Waals surface area contributed by atoms with E-state index in [1.807, 2.05) is 18.2 Å². The predicted octanol–water partition coefficient (Wildman–Crippen LogP) is 2.25. The van der Waals surface area contributed by atoms with Crippen molar-refractivity contribution in [2.24, 2.45) is 0 Å². The van der Waals surface area contributed by atoms with Gasteiger partial charge in [0.2, 0.25) is 0 Å². The summed E-state index contributed by atoms with van der Waals surface area (Å²) < 4.78 is 0. The standard InChI is InChI=1S/C8H11N.ClH/c1-2-7-5-3-4-6-8(7)9;/h3-6H,2,9H2,1H3;1H. The molecule has 0 atom stereocenters. The highest BCUT2D eigenvalue weighted by molar-refractivity contribution is 5.85. The van der Waals surface area contributed by atoms with E-state index < -0.39 is 0 Å². The Morgan fingerprint density at radius 2 is 1.90 bits per heavy atom. The van der Waals surface area contributed by atoms with Gasteiger partial charge in [0.1, 0.15) is 0 Å². The number of hydrogen-bond donors (Lipinski definition) is 1. The molecule has 0 heterocycles. The van der Waals surface area contributed by atoms with Gasteiger partial charge in [-0.3, -0.25) is 0 Å². The molecule has 1 nitrogen and oxygen atoms in total. The first kappa shape index (κ1) is 9.31. The van der Waals surface area contributed by atoms with Crippen molar-refractivity contribution < 1.29 is 0 Å². The van der Waals surface area contributed by atoms with E-state index in [0.717, 1.165) is 12.1 Å². The molecule has 0 unspecified atom stereocenters. The van der Waals surface area contributed by atoms with E-state index in [1.165, 1.54) is 5.56 Å². The number of nitrogen functional groups attached to an aromatic ring is 1. The van der Waals surface area contributed by atoms with E-state index >= 15 is 0 Å². The lowest BCUT2D eigenvalue weighted by atomic mass is 10.1. The van der Waals surface area contributed by atoms with Gasteiger partial charge in [-0.2, -0.15) is 0 Å². The van der Waals surface area contributed by atoms with Crippen molar-refractivity contribution in [3.8, 4) is 0 Å². The average Bonchev–Trinajstić information content (AvgIpc) is 1.89. The zero-order valence-electron chi connectivity index (χ0n) is 6.00. The van der Waals surface area contributed by atoms with E-state index in [9.17, 15) is 0 Å². The maximum Gasteiger partial charge on any atom is 0.0346 e. The summed E-state index contributed by atoms with van der Waals surface area (Å²) in [5.74, 6) is 0. The Labute approximate surface area is 67.7 Å². The van der Waals surface area contributed by atoms with Crippen LogP contribution in [0.4, 0.5) is 5.69 Å². The van der Waals surface area contributed by atoms with E-state index in [0.29, 0.717) is 0 Å². The number of aryl methyl sites for hydroxylation is 1. The maximum absolute atomic E-state index is 5.63. The molecule has 1 aromatic carbocycles. The van der Waals surface area contributed by atoms with Crippen LogP contribution in [-0.4, -0.2) is 0 Å². The first-order valence-electron chi connectivity index (χ1n) is 3.18. The molecule has 0 saturated carbocycles. The fourth-order valence-corrected chi connectivity index (χ4v) is 0.856. The largest absolute Gasteiger partial charge is 0.399 e. The fourth-order valence-electron chi connectivity index (χ4n) is 0.856. The number of hydrogen-bond acceptors (Lipinski definition) is 1. The lowest BCUT2D eigenvalue weighted by Gasteiger charge is -1.98. The molecular weight excluding hydrogens is 146 g/mol. The summed E-state index contributed by atoms with van der Waals surface area (Å²) in [6.07, 6.45) is 1.02. The molecule has 2 heteroatoms. The topological polar surface area (TPSA) is 26.0 Å². The molecule has 0 spiro atoms. The van der Waals surface area contributed by atoms with Gasteiger partial charge < -0.3 is 5.73 Å². The van der Waals surface area contributed by atoms with Crippen molar-refractivity contribution in [2.45, 2.75) is 13.3 Å². The van der Waals surface area contributed by atoms with Gasteiger partial charge in [-0.15, -0.1) is 12.4 Å². The van der Waals surface area contributed by atoms with E-state index in [-0.39, 0.29) is 12.4 Å². The minimum atomic E-state index is 0. The Bertz CT molecular complexity index is 198. The van der Waals surface area contributed by atoms with E-state index in [2.05, 4.69) is 13.0 Å². The highest BCUT2D eigenvalue weighted by Gasteiger charge is 1.90. The number of benzene rings is 1. The molecule has 10 heavy (non-hydrogen) atoms. The van der Waals surface area contributed by atoms with Crippen molar-refractivity contribution in [1.82, 2.24) is 0 Å². The Morgan fingerprint density at radius 1 is 1.30 bits per heavy atom. The summed E-state index contributed by atoms with van der Waals surface area (Å²) in [7, 11) is 0. The van der Waals surface area contributed by atoms with Gasteiger partial charge in [0.15, 0.2) is 0 Å². The third-order valence-electron chi connectivity index (χ3n) is 1.44. The molecule has 0 amide bonds. The molecule has 56 valence electrons. The van der Waals surface area contributed by atoms with Crippen LogP contribution in [0.1, 0.15) is 12.5 Å². The SMILES string of the molecule is CCc1ccccc1N.Cl. The molecule has 0 aliphatic heterocycles. The van der Waals surface area contributed by atoms with Crippen molar-refractivity contribution in [2.75, 3.05) is 5.73 Å². The van der Waals surface area contributed by atoms with Gasteiger partial charge in [0.05, 0.1) is 0 Å².